The molecule has 122 valence electrons. The number of nitriles is 1. The van der Waals surface area contributed by atoms with Crippen LogP contribution in [0.1, 0.15) is 36.5 Å². The summed E-state index contributed by atoms with van der Waals surface area (Å²) in [5.41, 5.74) is 0.373. The molecule has 0 fully saturated rings. The van der Waals surface area contributed by atoms with Crippen molar-refractivity contribution in [2.24, 2.45) is 11.8 Å². The third-order valence-corrected chi connectivity index (χ3v) is 3.46. The highest BCUT2D eigenvalue weighted by Crippen LogP contribution is 2.22. The van der Waals surface area contributed by atoms with Crippen molar-refractivity contribution in [3.05, 3.63) is 35.9 Å². The minimum absolute atomic E-state index is 0.0836. The number of hydrogen-bond donors (Lipinski definition) is 1. The van der Waals surface area contributed by atoms with Crippen molar-refractivity contribution < 1.29 is 19.1 Å². The van der Waals surface area contributed by atoms with Gasteiger partial charge in [-0.15, -0.1) is 0 Å². The van der Waals surface area contributed by atoms with E-state index >= 15 is 0 Å². The molecule has 1 aromatic rings. The molecule has 0 aliphatic rings. The first kappa shape index (κ1) is 18.4. The Labute approximate surface area is 135 Å². The van der Waals surface area contributed by atoms with Gasteiger partial charge in [0.1, 0.15) is 5.92 Å². The zero-order valence-corrected chi connectivity index (χ0v) is 13.2. The predicted molar refractivity (Wildman–Crippen MR) is 83.0 cm³/mol. The van der Waals surface area contributed by atoms with E-state index in [2.05, 4.69) is 10.1 Å². The topological polar surface area (TPSA) is 96.3 Å². The number of methoxy groups -OCH3 is 1. The molecule has 0 aliphatic heterocycles. The third-order valence-electron chi connectivity index (χ3n) is 3.46. The Morgan fingerprint density at radius 2 is 1.91 bits per heavy atom. The number of hydrogen-bond acceptors (Lipinski definition) is 5. The quantitative estimate of drug-likeness (QED) is 0.777. The van der Waals surface area contributed by atoms with Gasteiger partial charge in [-0.05, 0) is 24.5 Å². The summed E-state index contributed by atoms with van der Waals surface area (Å²) in [6.45, 7) is 1.89. The van der Waals surface area contributed by atoms with E-state index in [1.165, 1.54) is 7.11 Å². The highest BCUT2D eigenvalue weighted by Gasteiger charge is 2.30. The molecule has 1 aromatic carbocycles. The van der Waals surface area contributed by atoms with E-state index in [-0.39, 0.29) is 6.42 Å². The lowest BCUT2D eigenvalue weighted by molar-refractivity contribution is -0.145. The monoisotopic (exact) mass is 316 g/mol. The van der Waals surface area contributed by atoms with E-state index in [1.54, 1.807) is 30.3 Å². The number of amides is 2. The van der Waals surface area contributed by atoms with E-state index in [4.69, 9.17) is 5.26 Å². The molecule has 0 aromatic heterocycles. The summed E-state index contributed by atoms with van der Waals surface area (Å²) in [4.78, 5) is 35.6. The van der Waals surface area contributed by atoms with E-state index < -0.39 is 29.6 Å². The second-order valence-electron chi connectivity index (χ2n) is 5.13. The van der Waals surface area contributed by atoms with Crippen molar-refractivity contribution in [3.8, 4) is 6.07 Å². The fourth-order valence-electron chi connectivity index (χ4n) is 2.31. The van der Waals surface area contributed by atoms with Crippen LogP contribution in [0.15, 0.2) is 30.3 Å². The molecule has 0 aliphatic carbocycles. The lowest BCUT2D eigenvalue weighted by Crippen LogP contribution is -2.34. The van der Waals surface area contributed by atoms with Crippen LogP contribution in [0.2, 0.25) is 0 Å². The number of carbonyl (C=O) groups excluding carboxylic acids is 3. The van der Waals surface area contributed by atoms with Crippen molar-refractivity contribution in [1.29, 1.82) is 5.26 Å². The van der Waals surface area contributed by atoms with Gasteiger partial charge in [0.2, 0.25) is 5.91 Å². The molecule has 1 rings (SSSR count). The van der Waals surface area contributed by atoms with Gasteiger partial charge in [-0.2, -0.15) is 5.26 Å². The second-order valence-corrected chi connectivity index (χ2v) is 5.13. The SMILES string of the molecule is CCC[C@H](CC(=O)NC(=O)c1ccccc1)C(C#N)C(=O)OC. The van der Waals surface area contributed by atoms with Crippen molar-refractivity contribution >= 4 is 17.8 Å². The number of rotatable bonds is 7. The van der Waals surface area contributed by atoms with E-state index in [9.17, 15) is 14.4 Å². The number of benzene rings is 1. The molecule has 0 saturated carbocycles. The van der Waals surface area contributed by atoms with Crippen LogP contribution in [0, 0.1) is 23.2 Å². The van der Waals surface area contributed by atoms with Gasteiger partial charge in [0.25, 0.3) is 5.91 Å². The highest BCUT2D eigenvalue weighted by molar-refractivity contribution is 6.04. The number of carbonyl (C=O) groups is 3. The largest absolute Gasteiger partial charge is 0.468 e. The summed E-state index contributed by atoms with van der Waals surface area (Å²) in [5.74, 6) is -3.18. The lowest BCUT2D eigenvalue weighted by Gasteiger charge is -2.19. The van der Waals surface area contributed by atoms with Gasteiger partial charge in [0.15, 0.2) is 0 Å². The maximum absolute atomic E-state index is 12.0. The first-order valence-electron chi connectivity index (χ1n) is 7.40. The Kier molecular flexibility index (Phi) is 7.48. The van der Waals surface area contributed by atoms with Crippen LogP contribution in [-0.2, 0) is 14.3 Å². The minimum Gasteiger partial charge on any atom is -0.468 e. The normalized spacial score (nSPS) is 12.6. The minimum atomic E-state index is -1.02. The molecular formula is C17H20N2O4. The van der Waals surface area contributed by atoms with Crippen LogP contribution < -0.4 is 5.32 Å². The highest BCUT2D eigenvalue weighted by atomic mass is 16.5. The maximum Gasteiger partial charge on any atom is 0.323 e. The van der Waals surface area contributed by atoms with Crippen LogP contribution in [0.25, 0.3) is 0 Å². The molecule has 2 atom stereocenters. The van der Waals surface area contributed by atoms with Crippen molar-refractivity contribution in [3.63, 3.8) is 0 Å². The van der Waals surface area contributed by atoms with Crippen LogP contribution in [-0.4, -0.2) is 24.9 Å². The van der Waals surface area contributed by atoms with E-state index in [0.29, 0.717) is 18.4 Å². The Morgan fingerprint density at radius 3 is 2.43 bits per heavy atom. The molecule has 0 radical (unpaired) electrons. The molecule has 0 spiro atoms. The Morgan fingerprint density at radius 1 is 1.26 bits per heavy atom. The van der Waals surface area contributed by atoms with Gasteiger partial charge in [0, 0.05) is 12.0 Å². The lowest BCUT2D eigenvalue weighted by atomic mass is 9.86. The molecule has 6 nitrogen and oxygen atoms in total. The summed E-state index contributed by atoms with van der Waals surface area (Å²) in [6.07, 6.45) is 1.14. The fraction of sp³-hybridized carbons (Fsp3) is 0.412. The molecule has 0 heterocycles. The molecule has 2 amide bonds. The van der Waals surface area contributed by atoms with Crippen LogP contribution in [0.4, 0.5) is 0 Å². The summed E-state index contributed by atoms with van der Waals surface area (Å²) >= 11 is 0. The number of imide groups is 1. The van der Waals surface area contributed by atoms with Crippen LogP contribution in [0.5, 0.6) is 0 Å². The predicted octanol–water partition coefficient (Wildman–Crippen LogP) is 2.06. The number of nitrogens with one attached hydrogen (secondary N) is 1. The number of nitrogens with zero attached hydrogens (tertiary/aromatic N) is 1. The molecule has 23 heavy (non-hydrogen) atoms. The number of ether oxygens (including phenoxy) is 1. The standard InChI is InChI=1S/C17H20N2O4/c1-3-7-13(14(11-18)17(22)23-2)10-15(20)19-16(21)12-8-5-4-6-9-12/h4-6,8-9,13-14H,3,7,10H2,1-2H3,(H,19,20,21)/t13-,14?/m1/s1. The molecule has 0 bridgehead atoms. The number of esters is 1. The van der Waals surface area contributed by atoms with Gasteiger partial charge in [0.05, 0.1) is 13.2 Å². The average Bonchev–Trinajstić information content (AvgIpc) is 2.56. The van der Waals surface area contributed by atoms with Crippen LogP contribution in [0.3, 0.4) is 0 Å². The Balaban J connectivity index is 2.72. The molecular weight excluding hydrogens is 296 g/mol. The van der Waals surface area contributed by atoms with Crippen LogP contribution >= 0.6 is 0 Å². The van der Waals surface area contributed by atoms with Crippen molar-refractivity contribution in [2.75, 3.05) is 7.11 Å². The van der Waals surface area contributed by atoms with Gasteiger partial charge in [-0.25, -0.2) is 0 Å². The van der Waals surface area contributed by atoms with Crippen molar-refractivity contribution in [2.45, 2.75) is 26.2 Å². The van der Waals surface area contributed by atoms with Gasteiger partial charge in [-0.1, -0.05) is 31.5 Å². The molecule has 6 heteroatoms. The van der Waals surface area contributed by atoms with E-state index in [1.807, 2.05) is 13.0 Å². The second kappa shape index (κ2) is 9.36. The summed E-state index contributed by atoms with van der Waals surface area (Å²) in [6, 6.07) is 10.2. The summed E-state index contributed by atoms with van der Waals surface area (Å²) in [7, 11) is 1.20. The Bertz CT molecular complexity index is 592. The third kappa shape index (κ3) is 5.55. The first-order valence-corrected chi connectivity index (χ1v) is 7.40. The molecule has 0 saturated heterocycles. The molecule has 1 unspecified atom stereocenters. The first-order chi connectivity index (χ1) is 11.0. The summed E-state index contributed by atoms with van der Waals surface area (Å²) < 4.78 is 4.60. The average molecular weight is 316 g/mol. The Hall–Kier alpha value is -2.68. The van der Waals surface area contributed by atoms with Gasteiger partial charge < -0.3 is 4.74 Å². The fourth-order valence-corrected chi connectivity index (χ4v) is 2.31. The van der Waals surface area contributed by atoms with Crippen molar-refractivity contribution in [1.82, 2.24) is 5.32 Å². The van der Waals surface area contributed by atoms with E-state index in [0.717, 1.165) is 0 Å². The van der Waals surface area contributed by atoms with Gasteiger partial charge in [-0.3, -0.25) is 19.7 Å². The summed E-state index contributed by atoms with van der Waals surface area (Å²) in [5, 5.41) is 11.4. The maximum atomic E-state index is 12.0. The zero-order valence-electron chi connectivity index (χ0n) is 13.2. The van der Waals surface area contributed by atoms with Gasteiger partial charge >= 0.3 is 5.97 Å². The smallest absolute Gasteiger partial charge is 0.323 e. The zero-order chi connectivity index (χ0) is 17.2. The molecule has 1 N–H and O–H groups in total.